The smallest absolute Gasteiger partial charge is 0.305 e. The van der Waals surface area contributed by atoms with Gasteiger partial charge in [0.25, 0.3) is 0 Å². The number of carbonyl (C=O) groups excluding carboxylic acids is 9. The molecule has 2 heterocycles. The maximum absolute atomic E-state index is 12.2. The normalized spacial score (nSPS) is 21.6. The maximum atomic E-state index is 12.2. The summed E-state index contributed by atoms with van der Waals surface area (Å²) in [6.45, 7) is 35.0. The number of carbonyl (C=O) groups is 9. The van der Waals surface area contributed by atoms with E-state index in [1.54, 1.807) is 0 Å². The van der Waals surface area contributed by atoms with Gasteiger partial charge in [-0.2, -0.15) is 0 Å². The van der Waals surface area contributed by atoms with E-state index in [4.69, 9.17) is 65.2 Å². The minimum atomic E-state index is -1.62. The van der Waals surface area contributed by atoms with E-state index in [-0.39, 0.29) is 97.7 Å². The van der Waals surface area contributed by atoms with Crippen LogP contribution in [-0.2, 0) is 95.3 Å². The summed E-state index contributed by atoms with van der Waals surface area (Å²) in [5, 5.41) is 34.6. The zero-order valence-electron chi connectivity index (χ0n) is 55.6. The van der Waals surface area contributed by atoms with Crippen LogP contribution in [0.3, 0.4) is 0 Å². The highest BCUT2D eigenvalue weighted by atomic mass is 16.8. The number of hydrogen-bond donors (Lipinski definition) is 5. The van der Waals surface area contributed by atoms with Crippen molar-refractivity contribution in [3.63, 3.8) is 0 Å². The lowest BCUT2D eigenvalue weighted by Crippen LogP contribution is -2.66. The van der Waals surface area contributed by atoms with Gasteiger partial charge in [0.1, 0.15) is 49.1 Å². The van der Waals surface area contributed by atoms with Crippen LogP contribution >= 0.6 is 0 Å². The van der Waals surface area contributed by atoms with Crippen LogP contribution in [0.15, 0.2) is 0 Å². The first-order chi connectivity index (χ1) is 43.0. The number of ether oxygens (including phenoxy) is 11. The van der Waals surface area contributed by atoms with Gasteiger partial charge in [0.05, 0.1) is 26.4 Å². The lowest BCUT2D eigenvalue weighted by atomic mass is 9.84. The van der Waals surface area contributed by atoms with Gasteiger partial charge in [-0.05, 0) is 38.5 Å². The van der Waals surface area contributed by atoms with Gasteiger partial charge in [-0.15, -0.1) is 0 Å². The summed E-state index contributed by atoms with van der Waals surface area (Å²) in [7, 11) is 0. The van der Waals surface area contributed by atoms with Crippen molar-refractivity contribution < 1.29 is 111 Å². The van der Waals surface area contributed by atoms with Crippen LogP contribution in [0.4, 0.5) is 0 Å². The molecular weight excluding hydrogens is 1240 g/mol. The van der Waals surface area contributed by atoms with Crippen molar-refractivity contribution in [1.82, 2.24) is 10.6 Å². The second-order valence-corrected chi connectivity index (χ2v) is 24.0. The van der Waals surface area contributed by atoms with Gasteiger partial charge >= 0.3 is 17.9 Å². The molecule has 0 aromatic heterocycles. The van der Waals surface area contributed by atoms with E-state index in [1.807, 2.05) is 41.5 Å². The van der Waals surface area contributed by atoms with Crippen molar-refractivity contribution in [2.75, 3.05) is 66.1 Å². The van der Waals surface area contributed by atoms with Gasteiger partial charge in [-0.3, -0.25) is 43.2 Å². The van der Waals surface area contributed by atoms with Gasteiger partial charge in [0.2, 0.25) is 35.3 Å². The van der Waals surface area contributed by atoms with E-state index in [2.05, 4.69) is 20.3 Å². The Morgan fingerprint density at radius 3 is 1.19 bits per heavy atom. The number of amides is 2. The Hall–Kier alpha value is -5.43. The summed E-state index contributed by atoms with van der Waals surface area (Å²) >= 11 is 0. The molecule has 12 atom stereocenters. The van der Waals surface area contributed by atoms with Crippen molar-refractivity contribution in [2.24, 2.45) is 11.8 Å². The van der Waals surface area contributed by atoms with Gasteiger partial charge in [-0.25, -0.2) is 13.1 Å². The highest BCUT2D eigenvalue weighted by Gasteiger charge is 2.53. The quantitative estimate of drug-likeness (QED) is 0.0166. The third-order valence-corrected chi connectivity index (χ3v) is 15.6. The molecule has 2 amide bonds. The zero-order valence-corrected chi connectivity index (χ0v) is 55.6. The van der Waals surface area contributed by atoms with Crippen molar-refractivity contribution in [3.05, 3.63) is 22.8 Å². The molecule has 27 nitrogen and oxygen atoms in total. The van der Waals surface area contributed by atoms with E-state index in [0.29, 0.717) is 123 Å². The second-order valence-electron chi connectivity index (χ2n) is 24.0. The number of esters is 3. The molecule has 2 saturated heterocycles. The molecule has 552 valence electrons. The van der Waals surface area contributed by atoms with E-state index in [1.165, 1.54) is 13.8 Å². The van der Waals surface area contributed by atoms with Crippen LogP contribution in [-0.4, -0.2) is 207 Å². The Morgan fingerprint density at radius 2 is 0.800 bits per heavy atom. The Kier molecular flexibility index (Phi) is 54.1. The highest BCUT2D eigenvalue weighted by Crippen LogP contribution is 2.31. The monoisotopic (exact) mass is 1360 g/mol. The first kappa shape index (κ1) is 96.0. The molecule has 0 saturated carbocycles. The molecule has 0 aromatic carbocycles. The fourth-order valence-corrected chi connectivity index (χ4v) is 9.25. The van der Waals surface area contributed by atoms with Crippen molar-refractivity contribution in [1.29, 1.82) is 0 Å². The van der Waals surface area contributed by atoms with Crippen molar-refractivity contribution in [3.8, 4) is 0 Å². The molecule has 0 aromatic rings. The molecule has 2 rings (SSSR count). The Labute approximate surface area is 567 Å². The second kappa shape index (κ2) is 53.6. The molecule has 2 unspecified atom stereocenters. The lowest BCUT2D eigenvalue weighted by molar-refractivity contribution is -0.321. The predicted octanol–water partition coefficient (Wildman–Crippen LogP) is 8.10. The number of aliphatic hydroxyl groups excluding tert-OH is 3. The van der Waals surface area contributed by atoms with Gasteiger partial charge in [0.15, 0.2) is 36.5 Å². The number of aliphatic hydroxyl groups is 3. The number of unbranched alkanes of at least 4 members (excludes halogenated alkanes) is 6. The number of Topliss-reactive ketones (excluding diaryl/α,β-unsaturated/α-hetero) is 4. The first-order valence-corrected chi connectivity index (χ1v) is 31.8. The summed E-state index contributed by atoms with van der Waals surface area (Å²) in [4.78, 5) is 115. The Morgan fingerprint density at radius 1 is 0.432 bits per heavy atom. The number of rotatable bonds is 47. The molecular formula is C68H122N4O23. The van der Waals surface area contributed by atoms with Crippen molar-refractivity contribution in [2.45, 2.75) is 294 Å². The summed E-state index contributed by atoms with van der Waals surface area (Å²) in [5.74, 6) is -2.47. The third kappa shape index (κ3) is 41.4. The average molecular weight is 1360 g/mol. The average Bonchev–Trinajstić information content (AvgIpc) is 0.795. The molecule has 0 radical (unpaired) electrons. The first-order valence-electron chi connectivity index (χ1n) is 31.8. The van der Waals surface area contributed by atoms with E-state index in [9.17, 15) is 58.5 Å². The van der Waals surface area contributed by atoms with Crippen LogP contribution in [0.25, 0.3) is 9.69 Å². The lowest BCUT2D eigenvalue weighted by Gasteiger charge is -2.44. The minimum absolute atomic E-state index is 0. The molecule has 2 aliphatic rings. The van der Waals surface area contributed by atoms with Crippen LogP contribution < -0.4 is 10.6 Å². The third-order valence-electron chi connectivity index (χ3n) is 15.6. The molecule has 2 fully saturated rings. The van der Waals surface area contributed by atoms with Crippen molar-refractivity contribution >= 4 is 52.9 Å². The summed E-state index contributed by atoms with van der Waals surface area (Å²) in [6.07, 6.45) is -0.614. The van der Waals surface area contributed by atoms with E-state index in [0.717, 1.165) is 46.5 Å². The Balaban J connectivity index is -0.000000851. The number of hydrogen-bond acceptors (Lipinski definition) is 23. The molecule has 0 aliphatic carbocycles. The summed E-state index contributed by atoms with van der Waals surface area (Å²) < 4.78 is 59.9. The molecule has 0 spiro atoms. The largest absolute Gasteiger partial charge is 0.456 e. The number of ketones is 4. The van der Waals surface area contributed by atoms with Gasteiger partial charge in [-0.1, -0.05) is 83.1 Å². The highest BCUT2D eigenvalue weighted by molar-refractivity contribution is 5.80. The van der Waals surface area contributed by atoms with Crippen LogP contribution in [0.1, 0.15) is 221 Å². The molecule has 2 aliphatic heterocycles. The summed E-state index contributed by atoms with van der Waals surface area (Å²) in [6, 6.07) is -2.08. The van der Waals surface area contributed by atoms with Crippen LogP contribution in [0.2, 0.25) is 0 Å². The van der Waals surface area contributed by atoms with E-state index >= 15 is 0 Å². The molecule has 27 heteroatoms. The standard InChI is InChI=1S/C35H56N2O13.C29H50N2O10.4CH4/c1-23(2)35(7,36-8)17-16-28(42)15-13-18-44-20-21-45-22-29(43)14-11-9-10-12-19-46-33-30(37-24(3)38)31(47-25(4)39)32(48-26(5)40)34(50-33)49-27(6)41;1-20(2)29(4,30-5)14-13-22(33)12-10-15-38-17-18-39-19-23(34)11-8-6-7-9-16-40-28-24(31-21(3)32)25(35)26(36)27(37)41-28;;;;/h23,30-34H,9-22H2,1-7H3,(H,37,38);20,24-28,35-37H,6-19H2,1-4H3,(H,31,32);4*1H4/t30-,31-,32-,33-,34+,35?;24-,25-,26-,27+,28-,29?;;;;/m11..../s1. The molecule has 5 N–H and O–H groups in total. The molecule has 0 bridgehead atoms. The zero-order chi connectivity index (χ0) is 68.5. The van der Waals surface area contributed by atoms with Gasteiger partial charge < -0.3 is 87.7 Å². The predicted molar refractivity (Wildman–Crippen MR) is 355 cm³/mol. The number of nitrogens with zero attached hydrogens (tertiary/aromatic N) is 2. The Bertz CT molecular complexity index is 2290. The SMILES string of the molecule is C.C.C.C.[C-]#[N+]C(C)(CCC(=O)CCCOCCOCC(=O)CCCCCCO[C@@H]1O[C@H](O)[C@H](O)[C@H](O)[C@H]1NC(C)=O)C(C)C.[C-]#[N+]C(C)(CCC(=O)CCCOCCOCC(=O)CCCCCCO[C@@H]1O[C@H](OC(C)=O)[C@H](OC(C)=O)[C@H](OC(C)=O)[C@H]1NC(C)=O)C(C)C. The van der Waals surface area contributed by atoms with Gasteiger partial charge in [0, 0.05) is 138 Å². The topological polar surface area (TPSA) is 349 Å². The van der Waals surface area contributed by atoms with E-state index < -0.39 is 102 Å². The fourth-order valence-electron chi connectivity index (χ4n) is 9.25. The van der Waals surface area contributed by atoms with Crippen LogP contribution in [0.5, 0.6) is 0 Å². The number of nitrogens with one attached hydrogen (secondary N) is 2. The van der Waals surface area contributed by atoms with Crippen LogP contribution in [0, 0.1) is 25.0 Å². The maximum Gasteiger partial charge on any atom is 0.305 e. The minimum Gasteiger partial charge on any atom is -0.456 e. The summed E-state index contributed by atoms with van der Waals surface area (Å²) in [5.41, 5.74) is -1.01. The fraction of sp³-hybridized carbons (Fsp3) is 0.838. The molecule has 95 heavy (non-hydrogen) atoms.